The molecule has 0 radical (unpaired) electrons. The van der Waals surface area contributed by atoms with Crippen molar-refractivity contribution in [3.63, 3.8) is 0 Å². The maximum atomic E-state index is 12.9. The van der Waals surface area contributed by atoms with Crippen LogP contribution in [0.5, 0.6) is 5.75 Å². The van der Waals surface area contributed by atoms with Crippen LogP contribution in [0.4, 0.5) is 0 Å². The maximum absolute atomic E-state index is 12.9. The van der Waals surface area contributed by atoms with Crippen molar-refractivity contribution in [2.45, 2.75) is 26.2 Å². The molecule has 2 unspecified atom stereocenters. The molecule has 1 aromatic rings. The molecule has 1 N–H and O–H groups in total. The van der Waals surface area contributed by atoms with Crippen LogP contribution in [0.25, 0.3) is 0 Å². The summed E-state index contributed by atoms with van der Waals surface area (Å²) in [5.74, 6) is -0.561. The SMILES string of the molecule is COCC1(C(=O)O)CCN(C(=O)C2COc3cc(C)c(C)cc32)C1. The van der Waals surface area contributed by atoms with Gasteiger partial charge in [0.15, 0.2) is 0 Å². The van der Waals surface area contributed by atoms with E-state index in [0.29, 0.717) is 19.6 Å². The molecule has 6 nitrogen and oxygen atoms in total. The lowest BCUT2D eigenvalue weighted by Crippen LogP contribution is -2.41. The van der Waals surface area contributed by atoms with Crippen molar-refractivity contribution in [2.24, 2.45) is 5.41 Å². The summed E-state index contributed by atoms with van der Waals surface area (Å²) >= 11 is 0. The van der Waals surface area contributed by atoms with E-state index < -0.39 is 11.4 Å². The van der Waals surface area contributed by atoms with Gasteiger partial charge in [-0.1, -0.05) is 6.07 Å². The molecule has 3 rings (SSSR count). The fourth-order valence-electron chi connectivity index (χ4n) is 3.59. The molecular weight excluding hydrogens is 310 g/mol. The summed E-state index contributed by atoms with van der Waals surface area (Å²) in [4.78, 5) is 26.2. The fourth-order valence-corrected chi connectivity index (χ4v) is 3.59. The Morgan fingerprint density at radius 1 is 1.38 bits per heavy atom. The van der Waals surface area contributed by atoms with Crippen LogP contribution in [0.3, 0.4) is 0 Å². The number of likely N-dealkylation sites (tertiary alicyclic amines) is 1. The molecule has 2 atom stereocenters. The number of methoxy groups -OCH3 is 1. The molecule has 1 fully saturated rings. The van der Waals surface area contributed by atoms with Gasteiger partial charge in [-0.15, -0.1) is 0 Å². The number of aryl methyl sites for hydroxylation is 2. The van der Waals surface area contributed by atoms with E-state index in [1.165, 1.54) is 7.11 Å². The lowest BCUT2D eigenvalue weighted by molar-refractivity contribution is -0.151. The van der Waals surface area contributed by atoms with Crippen molar-refractivity contribution in [2.75, 3.05) is 33.4 Å². The molecule has 0 aliphatic carbocycles. The number of fused-ring (bicyclic) bond motifs is 1. The zero-order valence-electron chi connectivity index (χ0n) is 14.3. The Kier molecular flexibility index (Phi) is 4.25. The normalized spacial score (nSPS) is 25.5. The predicted octanol–water partition coefficient (Wildman–Crippen LogP) is 1.73. The number of carboxylic acids is 1. The second kappa shape index (κ2) is 6.09. The van der Waals surface area contributed by atoms with Crippen molar-refractivity contribution >= 4 is 11.9 Å². The van der Waals surface area contributed by atoms with Gasteiger partial charge in [-0.3, -0.25) is 9.59 Å². The minimum atomic E-state index is -1.00. The highest BCUT2D eigenvalue weighted by Crippen LogP contribution is 2.39. The van der Waals surface area contributed by atoms with Gasteiger partial charge in [0, 0.05) is 25.8 Å². The van der Waals surface area contributed by atoms with E-state index in [1.54, 1.807) is 4.90 Å². The van der Waals surface area contributed by atoms with Crippen LogP contribution >= 0.6 is 0 Å². The van der Waals surface area contributed by atoms with Gasteiger partial charge in [0.25, 0.3) is 0 Å². The average molecular weight is 333 g/mol. The van der Waals surface area contributed by atoms with Gasteiger partial charge in [0.1, 0.15) is 23.7 Å². The zero-order valence-corrected chi connectivity index (χ0v) is 14.3. The summed E-state index contributed by atoms with van der Waals surface area (Å²) in [6.45, 7) is 5.08. The molecule has 130 valence electrons. The van der Waals surface area contributed by atoms with E-state index in [1.807, 2.05) is 26.0 Å². The first-order valence-electron chi connectivity index (χ1n) is 8.13. The Labute approximate surface area is 141 Å². The summed E-state index contributed by atoms with van der Waals surface area (Å²) in [6.07, 6.45) is 0.412. The van der Waals surface area contributed by atoms with Crippen LogP contribution in [0, 0.1) is 19.3 Å². The van der Waals surface area contributed by atoms with Crippen molar-refractivity contribution < 1.29 is 24.2 Å². The molecule has 1 amide bonds. The number of aliphatic carboxylic acids is 1. The molecule has 24 heavy (non-hydrogen) atoms. The number of ether oxygens (including phenoxy) is 2. The second-order valence-electron chi connectivity index (χ2n) is 6.87. The number of rotatable bonds is 4. The van der Waals surface area contributed by atoms with Gasteiger partial charge in [-0.25, -0.2) is 0 Å². The lowest BCUT2D eigenvalue weighted by atomic mass is 9.88. The Hall–Kier alpha value is -2.08. The molecule has 0 spiro atoms. The zero-order chi connectivity index (χ0) is 17.5. The number of amides is 1. The largest absolute Gasteiger partial charge is 0.492 e. The van der Waals surface area contributed by atoms with E-state index in [4.69, 9.17) is 9.47 Å². The standard InChI is InChI=1S/C18H23NO5/c1-11-6-13-14(8-24-15(13)7-12(11)2)16(20)19-5-4-18(9-19,10-23-3)17(21)22/h6-7,14H,4-5,8-10H2,1-3H3,(H,21,22). The van der Waals surface area contributed by atoms with Crippen molar-refractivity contribution in [3.05, 3.63) is 28.8 Å². The Balaban J connectivity index is 1.80. The third kappa shape index (κ3) is 2.65. The number of carbonyl (C=O) groups excluding carboxylic acids is 1. The molecular formula is C18H23NO5. The van der Waals surface area contributed by atoms with Gasteiger partial charge in [-0.2, -0.15) is 0 Å². The Morgan fingerprint density at radius 3 is 2.75 bits per heavy atom. The summed E-state index contributed by atoms with van der Waals surface area (Å²) in [5, 5.41) is 9.54. The van der Waals surface area contributed by atoms with E-state index in [9.17, 15) is 14.7 Å². The number of hydrogen-bond acceptors (Lipinski definition) is 4. The summed E-state index contributed by atoms with van der Waals surface area (Å²) in [6, 6.07) is 3.98. The molecule has 6 heteroatoms. The monoisotopic (exact) mass is 333 g/mol. The number of nitrogens with zero attached hydrogens (tertiary/aromatic N) is 1. The Bertz CT molecular complexity index is 686. The molecule has 1 aromatic carbocycles. The predicted molar refractivity (Wildman–Crippen MR) is 87.3 cm³/mol. The number of carboxylic acid groups (broad SMARTS) is 1. The quantitative estimate of drug-likeness (QED) is 0.908. The van der Waals surface area contributed by atoms with Gasteiger partial charge in [0.05, 0.1) is 6.61 Å². The molecule has 0 bridgehead atoms. The van der Waals surface area contributed by atoms with E-state index in [2.05, 4.69) is 0 Å². The van der Waals surface area contributed by atoms with Crippen LogP contribution < -0.4 is 4.74 Å². The highest BCUT2D eigenvalue weighted by Gasteiger charge is 2.48. The number of carbonyl (C=O) groups is 2. The summed E-state index contributed by atoms with van der Waals surface area (Å²) in [5.41, 5.74) is 2.16. The molecule has 2 aliphatic rings. The highest BCUT2D eigenvalue weighted by atomic mass is 16.5. The molecule has 2 heterocycles. The second-order valence-corrected chi connectivity index (χ2v) is 6.87. The lowest BCUT2D eigenvalue weighted by Gasteiger charge is -2.25. The van der Waals surface area contributed by atoms with Crippen LogP contribution in [-0.4, -0.2) is 55.3 Å². The third-order valence-corrected chi connectivity index (χ3v) is 5.24. The first-order valence-corrected chi connectivity index (χ1v) is 8.13. The van der Waals surface area contributed by atoms with E-state index >= 15 is 0 Å². The average Bonchev–Trinajstić information content (AvgIpc) is 3.13. The minimum Gasteiger partial charge on any atom is -0.492 e. The minimum absolute atomic E-state index is 0.0590. The van der Waals surface area contributed by atoms with Gasteiger partial charge in [-0.05, 0) is 37.5 Å². The third-order valence-electron chi connectivity index (χ3n) is 5.24. The summed E-state index contributed by atoms with van der Waals surface area (Å²) in [7, 11) is 1.49. The number of hydrogen-bond donors (Lipinski definition) is 1. The molecule has 2 aliphatic heterocycles. The molecule has 0 saturated carbocycles. The topological polar surface area (TPSA) is 76.1 Å². The number of benzene rings is 1. The fraction of sp³-hybridized carbons (Fsp3) is 0.556. The van der Waals surface area contributed by atoms with Crippen LogP contribution in [0.15, 0.2) is 12.1 Å². The Morgan fingerprint density at radius 2 is 2.08 bits per heavy atom. The van der Waals surface area contributed by atoms with E-state index in [-0.39, 0.29) is 25.0 Å². The van der Waals surface area contributed by atoms with Crippen molar-refractivity contribution in [1.82, 2.24) is 4.90 Å². The first kappa shape index (κ1) is 16.8. The molecule has 1 saturated heterocycles. The highest BCUT2D eigenvalue weighted by molar-refractivity contribution is 5.87. The van der Waals surface area contributed by atoms with Gasteiger partial charge in [0.2, 0.25) is 5.91 Å². The smallest absolute Gasteiger partial charge is 0.313 e. The van der Waals surface area contributed by atoms with Crippen molar-refractivity contribution in [3.8, 4) is 5.75 Å². The first-order chi connectivity index (χ1) is 11.4. The van der Waals surface area contributed by atoms with Crippen LogP contribution in [-0.2, 0) is 14.3 Å². The van der Waals surface area contributed by atoms with Crippen molar-refractivity contribution in [1.29, 1.82) is 0 Å². The van der Waals surface area contributed by atoms with Crippen LogP contribution in [0.2, 0.25) is 0 Å². The van der Waals surface area contributed by atoms with E-state index in [0.717, 1.165) is 22.4 Å². The van der Waals surface area contributed by atoms with Crippen LogP contribution in [0.1, 0.15) is 29.0 Å². The maximum Gasteiger partial charge on any atom is 0.313 e. The summed E-state index contributed by atoms with van der Waals surface area (Å²) < 4.78 is 10.8. The van der Waals surface area contributed by atoms with Gasteiger partial charge >= 0.3 is 5.97 Å². The molecule has 0 aromatic heterocycles. The van der Waals surface area contributed by atoms with Gasteiger partial charge < -0.3 is 19.5 Å².